The molecule has 2 aromatic rings. The summed E-state index contributed by atoms with van der Waals surface area (Å²) in [4.78, 5) is 18.9. The van der Waals surface area contributed by atoms with Gasteiger partial charge in [-0.25, -0.2) is 4.98 Å². The van der Waals surface area contributed by atoms with Crippen LogP contribution < -0.4 is 10.6 Å². The minimum atomic E-state index is -4.67. The van der Waals surface area contributed by atoms with Gasteiger partial charge in [-0.2, -0.15) is 23.4 Å². The van der Waals surface area contributed by atoms with Crippen LogP contribution in [0, 0.1) is 0 Å². The van der Waals surface area contributed by atoms with E-state index >= 15 is 0 Å². The van der Waals surface area contributed by atoms with Crippen molar-refractivity contribution in [3.63, 3.8) is 0 Å². The number of alkyl halides is 3. The van der Waals surface area contributed by atoms with Crippen molar-refractivity contribution >= 4 is 11.7 Å². The lowest BCUT2D eigenvalue weighted by Crippen LogP contribution is -2.58. The summed E-state index contributed by atoms with van der Waals surface area (Å²) in [6.45, 7) is -0.247. The predicted octanol–water partition coefficient (Wildman–Crippen LogP) is -0.384. The fourth-order valence-electron chi connectivity index (χ4n) is 2.67. The van der Waals surface area contributed by atoms with Crippen LogP contribution in [0.25, 0.3) is 0 Å². The van der Waals surface area contributed by atoms with E-state index in [-0.39, 0.29) is 24.5 Å². The van der Waals surface area contributed by atoms with Gasteiger partial charge in [0.1, 0.15) is 24.1 Å². The van der Waals surface area contributed by atoms with Crippen molar-refractivity contribution < 1.29 is 32.9 Å². The first-order valence-corrected chi connectivity index (χ1v) is 8.44. The van der Waals surface area contributed by atoms with E-state index in [2.05, 4.69) is 30.8 Å². The monoisotopic (exact) mass is 414 g/mol. The first-order chi connectivity index (χ1) is 13.8. The number of nitrogens with zero attached hydrogens (tertiary/aromatic N) is 4. The fourth-order valence-corrected chi connectivity index (χ4v) is 2.67. The molecule has 0 aliphatic carbocycles. The van der Waals surface area contributed by atoms with E-state index in [4.69, 9.17) is 4.74 Å². The Morgan fingerprint density at radius 3 is 2.69 bits per heavy atom. The summed E-state index contributed by atoms with van der Waals surface area (Å²) in [7, 11) is 0. The molecular weight excluding hydrogens is 397 g/mol. The number of ether oxygens (including phenoxy) is 1. The van der Waals surface area contributed by atoms with Gasteiger partial charge in [0, 0.05) is 6.54 Å². The maximum absolute atomic E-state index is 12.7. The van der Waals surface area contributed by atoms with Gasteiger partial charge in [-0.1, -0.05) is 0 Å². The Morgan fingerprint density at radius 1 is 1.21 bits per heavy atom. The molecule has 1 aliphatic heterocycles. The van der Waals surface area contributed by atoms with Crippen molar-refractivity contribution in [2.24, 2.45) is 0 Å². The van der Waals surface area contributed by atoms with Crippen LogP contribution in [0.15, 0.2) is 30.9 Å². The van der Waals surface area contributed by atoms with Crippen LogP contribution in [-0.2, 0) is 10.9 Å². The van der Waals surface area contributed by atoms with Gasteiger partial charge in [-0.15, -0.1) is 0 Å². The third kappa shape index (κ3) is 5.13. The van der Waals surface area contributed by atoms with E-state index < -0.39 is 42.1 Å². The molecule has 0 spiro atoms. The zero-order chi connectivity index (χ0) is 21.0. The van der Waals surface area contributed by atoms with E-state index in [0.717, 1.165) is 6.20 Å². The Bertz CT molecular complexity index is 841. The number of rotatable bonds is 5. The third-order valence-corrected chi connectivity index (χ3v) is 4.20. The highest BCUT2D eigenvalue weighted by molar-refractivity contribution is 5.93. The predicted molar refractivity (Wildman–Crippen MR) is 90.6 cm³/mol. The summed E-state index contributed by atoms with van der Waals surface area (Å²) >= 11 is 0. The van der Waals surface area contributed by atoms with Crippen molar-refractivity contribution in [3.05, 3.63) is 42.1 Å². The Kier molecular flexibility index (Phi) is 6.20. The normalized spacial score (nSPS) is 24.7. The van der Waals surface area contributed by atoms with E-state index in [1.54, 1.807) is 0 Å². The maximum atomic E-state index is 12.7. The molecule has 3 rings (SSSR count). The Morgan fingerprint density at radius 2 is 2.00 bits per heavy atom. The van der Waals surface area contributed by atoms with Crippen LogP contribution >= 0.6 is 0 Å². The number of hydrogen-bond donors (Lipinski definition) is 4. The van der Waals surface area contributed by atoms with Gasteiger partial charge in [0.15, 0.2) is 5.69 Å². The van der Waals surface area contributed by atoms with E-state index in [1.807, 2.05) is 0 Å². The highest BCUT2D eigenvalue weighted by atomic mass is 19.4. The Labute approximate surface area is 162 Å². The minimum Gasteiger partial charge on any atom is -0.388 e. The number of carbonyl (C=O) groups is 1. The van der Waals surface area contributed by atoms with Crippen molar-refractivity contribution in [2.45, 2.75) is 30.5 Å². The molecule has 1 saturated heterocycles. The number of carbonyl (C=O) groups excluding carboxylic acids is 1. The molecule has 0 bridgehead atoms. The van der Waals surface area contributed by atoms with Gasteiger partial charge in [-0.05, 0) is 6.07 Å². The largest absolute Gasteiger partial charge is 0.434 e. The highest BCUT2D eigenvalue weighted by Gasteiger charge is 2.39. The zero-order valence-corrected chi connectivity index (χ0v) is 14.7. The lowest BCUT2D eigenvalue weighted by molar-refractivity contribution is -0.141. The molecule has 0 aromatic carbocycles. The molecule has 29 heavy (non-hydrogen) atoms. The average molecular weight is 414 g/mol. The third-order valence-electron chi connectivity index (χ3n) is 4.20. The number of aromatic nitrogens is 4. The lowest BCUT2D eigenvalue weighted by atomic mass is 9.98. The fraction of sp³-hybridized carbons (Fsp3) is 0.438. The van der Waals surface area contributed by atoms with Crippen LogP contribution in [0.4, 0.5) is 19.0 Å². The number of amides is 1. The van der Waals surface area contributed by atoms with E-state index in [1.165, 1.54) is 18.5 Å². The standard InChI is InChI=1S/C16H17F3N6O4/c17-16(18,19)11-5-20-6-12(25-11)24-9-7-29-10(14(27)13(9)26)4-21-15(28)8-1-2-22-23-3-8/h1-3,5-6,9-10,13-14,26-27H,4,7H2,(H,21,28)(H,24,25)/t9-,10+,13+,14-/m0/s1. The number of aliphatic hydroxyl groups is 2. The summed E-state index contributed by atoms with van der Waals surface area (Å²) in [6.07, 6.45) is -4.14. The maximum Gasteiger partial charge on any atom is 0.434 e. The van der Waals surface area contributed by atoms with Gasteiger partial charge < -0.3 is 25.6 Å². The smallest absolute Gasteiger partial charge is 0.388 e. The summed E-state index contributed by atoms with van der Waals surface area (Å²) in [5.74, 6) is -0.693. The van der Waals surface area contributed by atoms with Crippen molar-refractivity contribution in [2.75, 3.05) is 18.5 Å². The molecule has 0 saturated carbocycles. The van der Waals surface area contributed by atoms with Crippen LogP contribution in [0.1, 0.15) is 16.1 Å². The molecule has 0 radical (unpaired) electrons. The second kappa shape index (κ2) is 8.63. The summed E-state index contributed by atoms with van der Waals surface area (Å²) in [5.41, 5.74) is -0.936. The van der Waals surface area contributed by atoms with Gasteiger partial charge in [0.05, 0.1) is 43.0 Å². The van der Waals surface area contributed by atoms with Gasteiger partial charge >= 0.3 is 6.18 Å². The Balaban J connectivity index is 1.57. The van der Waals surface area contributed by atoms with E-state index in [0.29, 0.717) is 6.20 Å². The average Bonchev–Trinajstić information content (AvgIpc) is 2.71. The molecule has 2 aromatic heterocycles. The molecule has 1 aliphatic rings. The van der Waals surface area contributed by atoms with Crippen molar-refractivity contribution in [1.29, 1.82) is 0 Å². The highest BCUT2D eigenvalue weighted by Crippen LogP contribution is 2.28. The second-order valence-corrected chi connectivity index (χ2v) is 6.23. The quantitative estimate of drug-likeness (QED) is 0.515. The molecule has 3 heterocycles. The van der Waals surface area contributed by atoms with Gasteiger partial charge in [0.2, 0.25) is 0 Å². The van der Waals surface area contributed by atoms with Crippen LogP contribution in [0.2, 0.25) is 0 Å². The summed E-state index contributed by atoms with van der Waals surface area (Å²) in [5, 5.41) is 32.8. The second-order valence-electron chi connectivity index (χ2n) is 6.23. The number of hydrogen-bond acceptors (Lipinski definition) is 9. The molecule has 4 atom stereocenters. The molecule has 0 unspecified atom stereocenters. The minimum absolute atomic E-state index is 0.102. The molecular formula is C16H17F3N6O4. The van der Waals surface area contributed by atoms with Gasteiger partial charge in [0.25, 0.3) is 5.91 Å². The zero-order valence-electron chi connectivity index (χ0n) is 14.7. The molecule has 10 nitrogen and oxygen atoms in total. The van der Waals surface area contributed by atoms with E-state index in [9.17, 15) is 28.2 Å². The van der Waals surface area contributed by atoms with Crippen molar-refractivity contribution in [3.8, 4) is 0 Å². The molecule has 13 heteroatoms. The topological polar surface area (TPSA) is 142 Å². The molecule has 1 fully saturated rings. The first kappa shape index (κ1) is 20.8. The van der Waals surface area contributed by atoms with Gasteiger partial charge in [-0.3, -0.25) is 9.78 Å². The number of halogens is 3. The van der Waals surface area contributed by atoms with Crippen LogP contribution in [0.5, 0.6) is 0 Å². The number of anilines is 1. The molecule has 4 N–H and O–H groups in total. The number of nitrogens with one attached hydrogen (secondary N) is 2. The first-order valence-electron chi connectivity index (χ1n) is 8.44. The Hall–Kier alpha value is -2.90. The number of aliphatic hydroxyl groups excluding tert-OH is 2. The summed E-state index contributed by atoms with van der Waals surface area (Å²) < 4.78 is 43.6. The SMILES string of the molecule is O=C(NC[C@H]1OC[C@H](Nc2cncc(C(F)(F)F)n2)[C@@H](O)[C@H]1O)c1ccnnc1. The summed E-state index contributed by atoms with van der Waals surface area (Å²) in [6, 6.07) is 0.518. The van der Waals surface area contributed by atoms with Crippen LogP contribution in [0.3, 0.4) is 0 Å². The molecule has 156 valence electrons. The van der Waals surface area contributed by atoms with Crippen molar-refractivity contribution in [1.82, 2.24) is 25.5 Å². The van der Waals surface area contributed by atoms with Crippen LogP contribution in [-0.4, -0.2) is 73.8 Å². The lowest BCUT2D eigenvalue weighted by Gasteiger charge is -2.38. The molecule has 1 amide bonds.